The second kappa shape index (κ2) is 6.38. The van der Waals surface area contributed by atoms with Gasteiger partial charge in [-0.2, -0.15) is 0 Å². The minimum atomic E-state index is 0.322. The summed E-state index contributed by atoms with van der Waals surface area (Å²) in [5.41, 5.74) is 2.59. The number of aromatic nitrogens is 3. The van der Waals surface area contributed by atoms with Gasteiger partial charge in [0, 0.05) is 28.2 Å². The van der Waals surface area contributed by atoms with Crippen molar-refractivity contribution >= 4 is 23.2 Å². The van der Waals surface area contributed by atoms with E-state index in [-0.39, 0.29) is 0 Å². The molecule has 0 fully saturated rings. The molecule has 112 valence electrons. The van der Waals surface area contributed by atoms with Crippen LogP contribution in [0.3, 0.4) is 0 Å². The number of nitrogens with zero attached hydrogens (tertiary/aromatic N) is 3. The van der Waals surface area contributed by atoms with E-state index in [1.807, 2.05) is 43.6 Å². The first kappa shape index (κ1) is 14.9. The van der Waals surface area contributed by atoms with E-state index in [4.69, 9.17) is 27.9 Å². The van der Waals surface area contributed by atoms with Crippen LogP contribution in [-0.2, 0) is 13.7 Å². The van der Waals surface area contributed by atoms with Crippen molar-refractivity contribution in [2.75, 3.05) is 0 Å². The maximum Gasteiger partial charge on any atom is 0.119 e. The Hall–Kier alpha value is -2.04. The summed E-state index contributed by atoms with van der Waals surface area (Å²) in [6.07, 6.45) is 1.86. The molecule has 2 aromatic carbocycles. The average Bonchev–Trinajstić information content (AvgIpc) is 2.94. The minimum Gasteiger partial charge on any atom is -0.489 e. The maximum atomic E-state index is 6.12. The van der Waals surface area contributed by atoms with Gasteiger partial charge in [0.15, 0.2) is 0 Å². The van der Waals surface area contributed by atoms with Gasteiger partial charge in [-0.3, -0.25) is 4.68 Å². The molecule has 0 N–H and O–H groups in total. The van der Waals surface area contributed by atoms with Crippen LogP contribution in [0.15, 0.2) is 48.7 Å². The number of hydrogen-bond acceptors (Lipinski definition) is 3. The lowest BCUT2D eigenvalue weighted by molar-refractivity contribution is 0.306. The molecule has 22 heavy (non-hydrogen) atoms. The van der Waals surface area contributed by atoms with Gasteiger partial charge in [-0.15, -0.1) is 5.10 Å². The summed E-state index contributed by atoms with van der Waals surface area (Å²) in [5.74, 6) is 0.739. The molecule has 3 rings (SSSR count). The fourth-order valence-corrected chi connectivity index (χ4v) is 2.53. The van der Waals surface area contributed by atoms with Crippen molar-refractivity contribution in [2.24, 2.45) is 7.05 Å². The van der Waals surface area contributed by atoms with Gasteiger partial charge in [0.25, 0.3) is 0 Å². The molecular formula is C16H13Cl2N3O. The van der Waals surface area contributed by atoms with Crippen molar-refractivity contribution in [3.8, 4) is 17.0 Å². The van der Waals surface area contributed by atoms with Crippen LogP contribution < -0.4 is 4.74 Å². The summed E-state index contributed by atoms with van der Waals surface area (Å²) in [6.45, 7) is 0.322. The van der Waals surface area contributed by atoms with Gasteiger partial charge < -0.3 is 4.74 Å². The Labute approximate surface area is 138 Å². The van der Waals surface area contributed by atoms with Crippen molar-refractivity contribution in [2.45, 2.75) is 6.61 Å². The molecule has 0 unspecified atom stereocenters. The smallest absolute Gasteiger partial charge is 0.119 e. The summed E-state index contributed by atoms with van der Waals surface area (Å²) in [5, 5.41) is 9.19. The quantitative estimate of drug-likeness (QED) is 0.711. The highest BCUT2D eigenvalue weighted by molar-refractivity contribution is 6.35. The molecule has 0 spiro atoms. The van der Waals surface area contributed by atoms with Gasteiger partial charge in [0.2, 0.25) is 0 Å². The predicted octanol–water partition coefficient (Wildman–Crippen LogP) is 4.37. The zero-order valence-corrected chi connectivity index (χ0v) is 13.3. The molecule has 0 saturated carbocycles. The highest BCUT2D eigenvalue weighted by Crippen LogP contribution is 2.26. The van der Waals surface area contributed by atoms with E-state index < -0.39 is 0 Å². The molecular weight excluding hydrogens is 321 g/mol. The van der Waals surface area contributed by atoms with Gasteiger partial charge >= 0.3 is 0 Å². The normalized spacial score (nSPS) is 10.7. The molecule has 0 bridgehead atoms. The second-order valence-electron chi connectivity index (χ2n) is 4.79. The highest BCUT2D eigenvalue weighted by atomic mass is 35.5. The van der Waals surface area contributed by atoms with Crippen molar-refractivity contribution in [3.63, 3.8) is 0 Å². The minimum absolute atomic E-state index is 0.322. The Kier molecular flexibility index (Phi) is 4.32. The zero-order chi connectivity index (χ0) is 15.5. The number of rotatable bonds is 4. The lowest BCUT2D eigenvalue weighted by Gasteiger charge is -2.09. The van der Waals surface area contributed by atoms with Crippen LogP contribution in [0.5, 0.6) is 5.75 Å². The molecule has 0 aliphatic heterocycles. The molecule has 0 atom stereocenters. The molecule has 3 aromatic rings. The van der Waals surface area contributed by atoms with Crippen LogP contribution in [0.25, 0.3) is 11.3 Å². The average molecular weight is 334 g/mol. The van der Waals surface area contributed by atoms with Gasteiger partial charge in [-0.25, -0.2) is 0 Å². The molecule has 1 heterocycles. The molecule has 0 aliphatic rings. The molecule has 0 radical (unpaired) electrons. The standard InChI is InChI=1S/C16H13Cl2N3O/c1-21-9-16(19-20-21)11-5-7-12(8-6-11)22-10-13-14(17)3-2-4-15(13)18/h2-9H,10H2,1H3. The number of halogens is 2. The molecule has 0 saturated heterocycles. The van der Waals surface area contributed by atoms with E-state index in [0.29, 0.717) is 16.7 Å². The predicted molar refractivity (Wildman–Crippen MR) is 87.2 cm³/mol. The van der Waals surface area contributed by atoms with Crippen LogP contribution in [-0.4, -0.2) is 15.0 Å². The van der Waals surface area contributed by atoms with Gasteiger partial charge in [-0.05, 0) is 36.4 Å². The zero-order valence-electron chi connectivity index (χ0n) is 11.8. The summed E-state index contributed by atoms with van der Waals surface area (Å²) < 4.78 is 7.41. The Bertz CT molecular complexity index is 764. The first-order valence-corrected chi connectivity index (χ1v) is 7.41. The third kappa shape index (κ3) is 3.24. The molecule has 1 aromatic heterocycles. The maximum absolute atomic E-state index is 6.12. The van der Waals surface area contributed by atoms with E-state index in [2.05, 4.69) is 10.3 Å². The number of aryl methyl sites for hydroxylation is 1. The van der Waals surface area contributed by atoms with Crippen LogP contribution in [0.4, 0.5) is 0 Å². The monoisotopic (exact) mass is 333 g/mol. The van der Waals surface area contributed by atoms with Crippen LogP contribution in [0.2, 0.25) is 10.0 Å². The van der Waals surface area contributed by atoms with Gasteiger partial charge in [0.05, 0.1) is 6.20 Å². The molecule has 0 aliphatic carbocycles. The van der Waals surface area contributed by atoms with E-state index in [1.165, 1.54) is 0 Å². The SMILES string of the molecule is Cn1cc(-c2ccc(OCc3c(Cl)cccc3Cl)cc2)nn1. The molecule has 6 heteroatoms. The number of ether oxygens (including phenoxy) is 1. The molecule has 0 amide bonds. The Morgan fingerprint density at radius 2 is 1.73 bits per heavy atom. The van der Waals surface area contributed by atoms with E-state index in [1.54, 1.807) is 16.8 Å². The third-order valence-electron chi connectivity index (χ3n) is 3.20. The molecule has 4 nitrogen and oxygen atoms in total. The van der Waals surface area contributed by atoms with Crippen molar-refractivity contribution in [1.82, 2.24) is 15.0 Å². The number of benzene rings is 2. The van der Waals surface area contributed by atoms with Crippen molar-refractivity contribution in [1.29, 1.82) is 0 Å². The Morgan fingerprint density at radius 1 is 1.05 bits per heavy atom. The van der Waals surface area contributed by atoms with E-state index >= 15 is 0 Å². The van der Waals surface area contributed by atoms with Crippen LogP contribution >= 0.6 is 23.2 Å². The van der Waals surface area contributed by atoms with E-state index in [9.17, 15) is 0 Å². The van der Waals surface area contributed by atoms with Crippen LogP contribution in [0.1, 0.15) is 5.56 Å². The summed E-state index contributed by atoms with van der Waals surface area (Å²) in [6, 6.07) is 13.0. The van der Waals surface area contributed by atoms with Gasteiger partial charge in [-0.1, -0.05) is 34.5 Å². The van der Waals surface area contributed by atoms with Crippen molar-refractivity contribution < 1.29 is 4.74 Å². The fourth-order valence-electron chi connectivity index (χ4n) is 2.03. The number of hydrogen-bond donors (Lipinski definition) is 0. The Morgan fingerprint density at radius 3 is 2.32 bits per heavy atom. The van der Waals surface area contributed by atoms with Crippen molar-refractivity contribution in [3.05, 3.63) is 64.3 Å². The largest absolute Gasteiger partial charge is 0.489 e. The summed E-state index contributed by atoms with van der Waals surface area (Å²) >= 11 is 12.2. The summed E-state index contributed by atoms with van der Waals surface area (Å²) in [4.78, 5) is 0. The van der Waals surface area contributed by atoms with E-state index in [0.717, 1.165) is 22.6 Å². The lowest BCUT2D eigenvalue weighted by Crippen LogP contribution is -1.97. The first-order chi connectivity index (χ1) is 10.6. The first-order valence-electron chi connectivity index (χ1n) is 6.66. The highest BCUT2D eigenvalue weighted by Gasteiger charge is 2.07. The third-order valence-corrected chi connectivity index (χ3v) is 3.91. The summed E-state index contributed by atoms with van der Waals surface area (Å²) in [7, 11) is 1.83. The van der Waals surface area contributed by atoms with Crippen LogP contribution in [0, 0.1) is 0 Å². The Balaban J connectivity index is 1.71. The topological polar surface area (TPSA) is 39.9 Å². The van der Waals surface area contributed by atoms with Gasteiger partial charge in [0.1, 0.15) is 18.1 Å². The fraction of sp³-hybridized carbons (Fsp3) is 0.125. The lowest BCUT2D eigenvalue weighted by atomic mass is 10.1. The second-order valence-corrected chi connectivity index (χ2v) is 5.61.